The van der Waals surface area contributed by atoms with E-state index >= 15 is 0 Å². The van der Waals surface area contributed by atoms with Crippen LogP contribution in [0, 0.1) is 3.57 Å². The van der Waals surface area contributed by atoms with Crippen LogP contribution in [0.15, 0.2) is 11.4 Å². The van der Waals surface area contributed by atoms with E-state index in [1.165, 1.54) is 3.57 Å². The maximum Gasteiger partial charge on any atom is 0.192 e. The number of thiophene rings is 1. The van der Waals surface area contributed by atoms with E-state index < -0.39 is 0 Å². The van der Waals surface area contributed by atoms with E-state index in [9.17, 15) is 0 Å². The van der Waals surface area contributed by atoms with Crippen molar-refractivity contribution in [3.05, 3.63) is 20.8 Å². The van der Waals surface area contributed by atoms with Gasteiger partial charge >= 0.3 is 0 Å². The Kier molecular flexibility index (Phi) is 3.17. The molecule has 0 amide bonds. The Balaban J connectivity index is 2.29. The second kappa shape index (κ2) is 4.39. The molecule has 0 atom stereocenters. The van der Waals surface area contributed by atoms with Crippen LogP contribution in [-0.4, -0.2) is 15.2 Å². The Morgan fingerprint density at radius 1 is 1.57 bits per heavy atom. The molecule has 0 saturated carbocycles. The first-order valence-electron chi connectivity index (χ1n) is 4.46. The lowest BCUT2D eigenvalue weighted by Crippen LogP contribution is -1.85. The molecule has 0 aliphatic carbocycles. The van der Waals surface area contributed by atoms with Gasteiger partial charge in [0, 0.05) is 9.99 Å². The number of H-pyrrole nitrogens is 1. The summed E-state index contributed by atoms with van der Waals surface area (Å²) in [7, 11) is 0. The Bertz CT molecular complexity index is 421. The predicted molar refractivity (Wildman–Crippen MR) is 66.4 cm³/mol. The fourth-order valence-electron chi connectivity index (χ4n) is 1.20. The van der Waals surface area contributed by atoms with Crippen molar-refractivity contribution in [1.29, 1.82) is 0 Å². The highest BCUT2D eigenvalue weighted by Gasteiger charge is 2.09. The van der Waals surface area contributed by atoms with Crippen LogP contribution < -0.4 is 0 Å². The summed E-state index contributed by atoms with van der Waals surface area (Å²) in [6.45, 7) is 2.14. The molecule has 0 aromatic carbocycles. The van der Waals surface area contributed by atoms with Crippen LogP contribution in [0.5, 0.6) is 0 Å². The van der Waals surface area contributed by atoms with Crippen LogP contribution in [0.3, 0.4) is 0 Å². The number of aromatic nitrogens is 3. The van der Waals surface area contributed by atoms with E-state index in [1.807, 2.05) is 0 Å². The summed E-state index contributed by atoms with van der Waals surface area (Å²) in [5.74, 6) is 1.81. The lowest BCUT2D eigenvalue weighted by atomic mass is 10.3. The maximum atomic E-state index is 4.44. The molecular formula is C9H10IN3S. The highest BCUT2D eigenvalue weighted by atomic mass is 127. The summed E-state index contributed by atoms with van der Waals surface area (Å²) in [5.41, 5.74) is 0. The zero-order chi connectivity index (χ0) is 9.97. The Morgan fingerprint density at radius 2 is 2.43 bits per heavy atom. The fraction of sp³-hybridized carbons (Fsp3) is 0.333. The smallest absolute Gasteiger partial charge is 0.192 e. The second-order valence-electron chi connectivity index (χ2n) is 2.95. The number of hydrogen-bond donors (Lipinski definition) is 1. The largest absolute Gasteiger partial charge is 0.263 e. The average Bonchev–Trinajstić information content (AvgIpc) is 2.74. The third kappa shape index (κ3) is 1.98. The monoisotopic (exact) mass is 319 g/mol. The lowest BCUT2D eigenvalue weighted by Gasteiger charge is -1.89. The number of nitrogens with one attached hydrogen (secondary N) is 1. The third-order valence-corrected chi connectivity index (χ3v) is 4.01. The summed E-state index contributed by atoms with van der Waals surface area (Å²) < 4.78 is 1.22. The summed E-state index contributed by atoms with van der Waals surface area (Å²) in [4.78, 5) is 5.60. The fourth-order valence-corrected chi connectivity index (χ4v) is 2.96. The molecule has 0 bridgehead atoms. The van der Waals surface area contributed by atoms with Crippen LogP contribution >= 0.6 is 33.9 Å². The quantitative estimate of drug-likeness (QED) is 0.884. The SMILES string of the molecule is CCCc1nc(-c2sccc2I)n[nH]1. The molecule has 0 unspecified atom stereocenters. The van der Waals surface area contributed by atoms with Crippen molar-refractivity contribution in [3.63, 3.8) is 0 Å². The van der Waals surface area contributed by atoms with Gasteiger partial charge in [0.1, 0.15) is 5.82 Å². The molecule has 2 aromatic rings. The molecule has 1 N–H and O–H groups in total. The summed E-state index contributed by atoms with van der Waals surface area (Å²) in [6.07, 6.45) is 2.06. The average molecular weight is 319 g/mol. The molecule has 0 aliphatic rings. The van der Waals surface area contributed by atoms with Crippen molar-refractivity contribution in [1.82, 2.24) is 15.2 Å². The highest BCUT2D eigenvalue weighted by molar-refractivity contribution is 14.1. The Labute approximate surface area is 100 Å². The molecule has 2 heterocycles. The van der Waals surface area contributed by atoms with Crippen molar-refractivity contribution in [2.24, 2.45) is 0 Å². The van der Waals surface area contributed by atoms with Gasteiger partial charge in [-0.3, -0.25) is 5.10 Å². The van der Waals surface area contributed by atoms with E-state index in [0.29, 0.717) is 0 Å². The number of rotatable bonds is 3. The van der Waals surface area contributed by atoms with Gasteiger partial charge < -0.3 is 0 Å². The minimum atomic E-state index is 0.827. The molecule has 0 radical (unpaired) electrons. The van der Waals surface area contributed by atoms with Gasteiger partial charge in [0.2, 0.25) is 0 Å². The molecule has 74 valence electrons. The van der Waals surface area contributed by atoms with Crippen molar-refractivity contribution >= 4 is 33.9 Å². The first kappa shape index (κ1) is 10.1. The van der Waals surface area contributed by atoms with Gasteiger partial charge in [-0.2, -0.15) is 5.10 Å². The second-order valence-corrected chi connectivity index (χ2v) is 5.03. The van der Waals surface area contributed by atoms with Crippen molar-refractivity contribution < 1.29 is 0 Å². The zero-order valence-electron chi connectivity index (χ0n) is 7.75. The van der Waals surface area contributed by atoms with Crippen molar-refractivity contribution in [2.75, 3.05) is 0 Å². The Hall–Kier alpha value is -0.430. The molecule has 0 aliphatic heterocycles. The molecule has 5 heteroatoms. The zero-order valence-corrected chi connectivity index (χ0v) is 10.7. The van der Waals surface area contributed by atoms with Crippen LogP contribution in [0.2, 0.25) is 0 Å². The van der Waals surface area contributed by atoms with Gasteiger partial charge in [-0.05, 0) is 40.5 Å². The molecule has 2 aromatic heterocycles. The van der Waals surface area contributed by atoms with Crippen molar-refractivity contribution in [3.8, 4) is 10.7 Å². The van der Waals surface area contributed by atoms with Gasteiger partial charge in [0.05, 0.1) is 4.88 Å². The first-order chi connectivity index (χ1) is 6.81. The van der Waals surface area contributed by atoms with Gasteiger partial charge in [0.15, 0.2) is 5.82 Å². The van der Waals surface area contributed by atoms with Crippen LogP contribution in [-0.2, 0) is 6.42 Å². The number of aryl methyl sites for hydroxylation is 1. The highest BCUT2D eigenvalue weighted by Crippen LogP contribution is 2.27. The number of nitrogens with zero attached hydrogens (tertiary/aromatic N) is 2. The third-order valence-electron chi connectivity index (χ3n) is 1.84. The van der Waals surface area contributed by atoms with Gasteiger partial charge in [-0.1, -0.05) is 6.92 Å². The first-order valence-corrected chi connectivity index (χ1v) is 6.41. The molecule has 0 spiro atoms. The number of hydrogen-bond acceptors (Lipinski definition) is 3. The van der Waals surface area contributed by atoms with E-state index in [4.69, 9.17) is 0 Å². The standard InChI is InChI=1S/C9H10IN3S/c1-2-3-7-11-9(13-12-7)8-6(10)4-5-14-8/h4-5H,2-3H2,1H3,(H,11,12,13). The normalized spacial score (nSPS) is 10.7. The minimum Gasteiger partial charge on any atom is -0.263 e. The number of aromatic amines is 1. The maximum absolute atomic E-state index is 4.44. The number of halogens is 1. The molecule has 0 fully saturated rings. The predicted octanol–water partition coefficient (Wildman–Crippen LogP) is 3.09. The summed E-state index contributed by atoms with van der Waals surface area (Å²) >= 11 is 3.99. The molecule has 3 nitrogen and oxygen atoms in total. The van der Waals surface area contributed by atoms with Gasteiger partial charge in [-0.15, -0.1) is 11.3 Å². The van der Waals surface area contributed by atoms with E-state index in [0.717, 1.165) is 29.4 Å². The van der Waals surface area contributed by atoms with Crippen molar-refractivity contribution in [2.45, 2.75) is 19.8 Å². The molecule has 2 rings (SSSR count). The van der Waals surface area contributed by atoms with Crippen LogP contribution in [0.1, 0.15) is 19.2 Å². The van der Waals surface area contributed by atoms with Crippen LogP contribution in [0.4, 0.5) is 0 Å². The van der Waals surface area contributed by atoms with Gasteiger partial charge in [0.25, 0.3) is 0 Å². The van der Waals surface area contributed by atoms with Crippen LogP contribution in [0.25, 0.3) is 10.7 Å². The van der Waals surface area contributed by atoms with E-state index in [2.05, 4.69) is 56.1 Å². The minimum absolute atomic E-state index is 0.827. The van der Waals surface area contributed by atoms with E-state index in [1.54, 1.807) is 11.3 Å². The molecular weight excluding hydrogens is 309 g/mol. The van der Waals surface area contributed by atoms with E-state index in [-0.39, 0.29) is 0 Å². The Morgan fingerprint density at radius 3 is 3.07 bits per heavy atom. The topological polar surface area (TPSA) is 41.6 Å². The lowest BCUT2D eigenvalue weighted by molar-refractivity contribution is 0.841. The molecule has 14 heavy (non-hydrogen) atoms. The summed E-state index contributed by atoms with van der Waals surface area (Å²) in [5, 5.41) is 9.23. The van der Waals surface area contributed by atoms with Gasteiger partial charge in [-0.25, -0.2) is 4.98 Å². The summed E-state index contributed by atoms with van der Waals surface area (Å²) in [6, 6.07) is 2.08. The molecule has 0 saturated heterocycles.